The number of carbonyl (C=O) groups is 1. The molecule has 0 aliphatic carbocycles. The predicted molar refractivity (Wildman–Crippen MR) is 119 cm³/mol. The van der Waals surface area contributed by atoms with Crippen LogP contribution in [0.3, 0.4) is 0 Å². The summed E-state index contributed by atoms with van der Waals surface area (Å²) >= 11 is 5.67. The maximum absolute atomic E-state index is 12.9. The smallest absolute Gasteiger partial charge is 0.225 e. The molecule has 3 heterocycles. The van der Waals surface area contributed by atoms with Crippen molar-refractivity contribution < 1.29 is 4.79 Å². The molecule has 1 aromatic carbocycles. The molecule has 7 nitrogen and oxygen atoms in total. The van der Waals surface area contributed by atoms with Crippen molar-refractivity contribution >= 4 is 18.1 Å². The minimum absolute atomic E-state index is 0.164. The van der Waals surface area contributed by atoms with Gasteiger partial charge in [-0.1, -0.05) is 31.0 Å². The average Bonchev–Trinajstić information content (AvgIpc) is 2.95. The largest absolute Gasteiger partial charge is 0.342 e. The van der Waals surface area contributed by atoms with Crippen molar-refractivity contribution in [1.82, 2.24) is 29.6 Å². The standard InChI is InChI=1S/C22H32N6OS/c1-17-8-7-9-18(2)20(17)28-22(30)27(23-24-28)16-25-14-10-19(11-15-25)21(29)26-12-5-3-4-6-13-26/h7-9,19H,3-6,10-16H2,1-2H3. The van der Waals surface area contributed by atoms with Gasteiger partial charge in [-0.15, -0.1) is 0 Å². The zero-order valence-corrected chi connectivity index (χ0v) is 18.9. The third-order valence-corrected chi connectivity index (χ3v) is 6.86. The monoisotopic (exact) mass is 428 g/mol. The molecule has 1 amide bonds. The van der Waals surface area contributed by atoms with E-state index in [0.29, 0.717) is 17.3 Å². The van der Waals surface area contributed by atoms with Crippen molar-refractivity contribution in [2.75, 3.05) is 26.2 Å². The van der Waals surface area contributed by atoms with Crippen LogP contribution in [-0.4, -0.2) is 61.7 Å². The highest BCUT2D eigenvalue weighted by Crippen LogP contribution is 2.23. The van der Waals surface area contributed by atoms with E-state index in [1.807, 2.05) is 6.07 Å². The molecule has 0 radical (unpaired) electrons. The van der Waals surface area contributed by atoms with Crippen LogP contribution < -0.4 is 0 Å². The lowest BCUT2D eigenvalue weighted by Crippen LogP contribution is -2.43. The molecule has 0 saturated carbocycles. The quantitative estimate of drug-likeness (QED) is 0.698. The summed E-state index contributed by atoms with van der Waals surface area (Å²) in [4.78, 5) is 17.3. The van der Waals surface area contributed by atoms with Crippen LogP contribution in [0.25, 0.3) is 5.69 Å². The Morgan fingerprint density at radius 1 is 1.00 bits per heavy atom. The van der Waals surface area contributed by atoms with Gasteiger partial charge in [0, 0.05) is 32.1 Å². The molecule has 2 saturated heterocycles. The maximum atomic E-state index is 12.9. The zero-order chi connectivity index (χ0) is 21.1. The number of aromatic nitrogens is 4. The lowest BCUT2D eigenvalue weighted by atomic mass is 9.95. The van der Waals surface area contributed by atoms with Crippen molar-refractivity contribution in [3.63, 3.8) is 0 Å². The van der Waals surface area contributed by atoms with Crippen LogP contribution in [0.15, 0.2) is 18.2 Å². The number of hydrogen-bond donors (Lipinski definition) is 0. The minimum atomic E-state index is 0.164. The van der Waals surface area contributed by atoms with Crippen molar-refractivity contribution in [2.45, 2.75) is 59.0 Å². The summed E-state index contributed by atoms with van der Waals surface area (Å²) < 4.78 is 4.16. The minimum Gasteiger partial charge on any atom is -0.342 e. The molecule has 2 aromatic rings. The lowest BCUT2D eigenvalue weighted by Gasteiger charge is -2.33. The summed E-state index contributed by atoms with van der Waals surface area (Å²) in [5.74, 6) is 0.534. The van der Waals surface area contributed by atoms with E-state index in [-0.39, 0.29) is 5.92 Å². The molecule has 30 heavy (non-hydrogen) atoms. The summed E-state index contributed by atoms with van der Waals surface area (Å²) in [6.45, 7) is 8.41. The number of nitrogens with zero attached hydrogens (tertiary/aromatic N) is 6. The van der Waals surface area contributed by atoms with Gasteiger partial charge in [-0.2, -0.15) is 4.68 Å². The summed E-state index contributed by atoms with van der Waals surface area (Å²) in [6.07, 6.45) is 6.64. The number of para-hydroxylation sites is 1. The molecule has 8 heteroatoms. The van der Waals surface area contributed by atoms with E-state index in [1.54, 1.807) is 9.36 Å². The van der Waals surface area contributed by atoms with Crippen LogP contribution in [0.5, 0.6) is 0 Å². The average molecular weight is 429 g/mol. The first-order valence-corrected chi connectivity index (χ1v) is 11.6. The number of piperidine rings is 1. The molecule has 0 spiro atoms. The first kappa shape index (κ1) is 21.2. The first-order valence-electron chi connectivity index (χ1n) is 11.1. The fourth-order valence-corrected chi connectivity index (χ4v) is 4.93. The Morgan fingerprint density at radius 3 is 2.27 bits per heavy atom. The van der Waals surface area contributed by atoms with Gasteiger partial charge in [0.05, 0.1) is 12.4 Å². The van der Waals surface area contributed by atoms with Gasteiger partial charge < -0.3 is 4.90 Å². The number of rotatable bonds is 4. The highest BCUT2D eigenvalue weighted by molar-refractivity contribution is 7.71. The molecule has 2 aliphatic heterocycles. The van der Waals surface area contributed by atoms with Gasteiger partial charge in [0.25, 0.3) is 0 Å². The number of benzene rings is 1. The van der Waals surface area contributed by atoms with Crippen molar-refractivity contribution in [2.24, 2.45) is 5.92 Å². The number of carbonyl (C=O) groups excluding carboxylic acids is 1. The van der Waals surface area contributed by atoms with E-state index >= 15 is 0 Å². The van der Waals surface area contributed by atoms with Gasteiger partial charge in [-0.05, 0) is 73.3 Å². The molecule has 162 valence electrons. The van der Waals surface area contributed by atoms with Gasteiger partial charge >= 0.3 is 0 Å². The predicted octanol–water partition coefficient (Wildman–Crippen LogP) is 3.49. The second-order valence-corrected chi connectivity index (χ2v) is 9.05. The van der Waals surface area contributed by atoms with Crippen LogP contribution in [0.2, 0.25) is 0 Å². The Hall–Kier alpha value is -2.06. The van der Waals surface area contributed by atoms with E-state index in [4.69, 9.17) is 12.2 Å². The van der Waals surface area contributed by atoms with Crippen LogP contribution in [0.1, 0.15) is 49.7 Å². The molecule has 1 aromatic heterocycles. The normalized spacial score (nSPS) is 19.1. The summed E-state index contributed by atoms with van der Waals surface area (Å²) in [5, 5.41) is 8.64. The van der Waals surface area contributed by atoms with Crippen molar-refractivity contribution in [3.05, 3.63) is 34.1 Å². The fraction of sp³-hybridized carbons (Fsp3) is 0.636. The number of hydrogen-bond acceptors (Lipinski definition) is 5. The Kier molecular flexibility index (Phi) is 6.63. The molecule has 2 aliphatic rings. The summed E-state index contributed by atoms with van der Waals surface area (Å²) in [7, 11) is 0. The molecular formula is C22H32N6OS. The van der Waals surface area contributed by atoms with Gasteiger partial charge in [0.2, 0.25) is 10.7 Å². The number of amides is 1. The molecule has 0 N–H and O–H groups in total. The molecule has 0 bridgehead atoms. The molecular weight excluding hydrogens is 396 g/mol. The Labute approximate surface area is 183 Å². The van der Waals surface area contributed by atoms with Gasteiger partial charge in [-0.3, -0.25) is 9.69 Å². The SMILES string of the molecule is Cc1cccc(C)c1-n1nnn(CN2CCC(C(=O)N3CCCCCC3)CC2)c1=S. The maximum Gasteiger partial charge on any atom is 0.225 e. The van der Waals surface area contributed by atoms with Crippen LogP contribution >= 0.6 is 12.2 Å². The first-order chi connectivity index (χ1) is 14.5. The highest BCUT2D eigenvalue weighted by atomic mass is 32.1. The second kappa shape index (κ2) is 9.39. The van der Waals surface area contributed by atoms with E-state index in [1.165, 1.54) is 12.8 Å². The summed E-state index contributed by atoms with van der Waals surface area (Å²) in [5.41, 5.74) is 3.27. The topological polar surface area (TPSA) is 59.2 Å². The van der Waals surface area contributed by atoms with Gasteiger partial charge in [0.1, 0.15) is 0 Å². The third-order valence-electron chi connectivity index (χ3n) is 6.48. The Balaban J connectivity index is 1.37. The van der Waals surface area contributed by atoms with Crippen molar-refractivity contribution in [3.8, 4) is 5.69 Å². The van der Waals surface area contributed by atoms with Crippen molar-refractivity contribution in [1.29, 1.82) is 0 Å². The fourth-order valence-electron chi connectivity index (χ4n) is 4.70. The van der Waals surface area contributed by atoms with Crippen LogP contribution in [0, 0.1) is 24.5 Å². The summed E-state index contributed by atoms with van der Waals surface area (Å²) in [6, 6.07) is 6.17. The molecule has 0 atom stereocenters. The van der Waals surface area contributed by atoms with Gasteiger partial charge in [0.15, 0.2) is 0 Å². The highest BCUT2D eigenvalue weighted by Gasteiger charge is 2.29. The molecule has 0 unspecified atom stereocenters. The lowest BCUT2D eigenvalue weighted by molar-refractivity contribution is -0.137. The van der Waals surface area contributed by atoms with E-state index in [2.05, 4.69) is 46.2 Å². The second-order valence-electron chi connectivity index (χ2n) is 8.69. The van der Waals surface area contributed by atoms with Crippen LogP contribution in [0.4, 0.5) is 0 Å². The van der Waals surface area contributed by atoms with E-state index in [0.717, 1.165) is 68.7 Å². The third kappa shape index (κ3) is 4.49. The number of likely N-dealkylation sites (tertiary alicyclic amines) is 2. The van der Waals surface area contributed by atoms with Crippen LogP contribution in [-0.2, 0) is 11.5 Å². The molecule has 4 rings (SSSR count). The zero-order valence-electron chi connectivity index (χ0n) is 18.1. The number of aryl methyl sites for hydroxylation is 2. The number of tetrazole rings is 1. The van der Waals surface area contributed by atoms with E-state index < -0.39 is 0 Å². The Bertz CT molecular complexity index is 915. The van der Waals surface area contributed by atoms with E-state index in [9.17, 15) is 4.79 Å². The van der Waals surface area contributed by atoms with Gasteiger partial charge in [-0.25, -0.2) is 4.68 Å². The molecule has 2 fully saturated rings. The Morgan fingerprint density at radius 2 is 1.63 bits per heavy atom.